The van der Waals surface area contributed by atoms with Gasteiger partial charge in [-0.25, -0.2) is 9.69 Å². The van der Waals surface area contributed by atoms with Gasteiger partial charge in [0.2, 0.25) is 0 Å². The SMILES string of the molecule is Cc1cccc(N2C(=O)NC(=O)/C(=C\c3cc(Br)ccc3OCc3ccccc3Br)C2=O)c1C. The second-order valence-electron chi connectivity index (χ2n) is 7.74. The highest BCUT2D eigenvalue weighted by atomic mass is 79.9. The zero-order chi connectivity index (χ0) is 24.4. The number of imide groups is 2. The summed E-state index contributed by atoms with van der Waals surface area (Å²) in [6, 6.07) is 17.6. The quantitative estimate of drug-likeness (QED) is 0.292. The van der Waals surface area contributed by atoms with E-state index in [0.717, 1.165) is 30.5 Å². The molecule has 1 saturated heterocycles. The third-order valence-corrected chi connectivity index (χ3v) is 6.80. The van der Waals surface area contributed by atoms with Crippen LogP contribution in [0, 0.1) is 13.8 Å². The lowest BCUT2D eigenvalue weighted by Crippen LogP contribution is -2.54. The van der Waals surface area contributed by atoms with E-state index in [-0.39, 0.29) is 12.2 Å². The van der Waals surface area contributed by atoms with E-state index in [2.05, 4.69) is 37.2 Å². The van der Waals surface area contributed by atoms with Crippen molar-refractivity contribution in [1.82, 2.24) is 5.32 Å². The molecule has 0 unspecified atom stereocenters. The zero-order valence-electron chi connectivity index (χ0n) is 18.4. The fourth-order valence-electron chi connectivity index (χ4n) is 3.54. The van der Waals surface area contributed by atoms with Gasteiger partial charge in [0.05, 0.1) is 5.69 Å². The Morgan fingerprint density at radius 1 is 0.971 bits per heavy atom. The van der Waals surface area contributed by atoms with Gasteiger partial charge in [0, 0.05) is 20.1 Å². The Labute approximate surface area is 213 Å². The summed E-state index contributed by atoms with van der Waals surface area (Å²) in [5.74, 6) is -0.963. The molecular weight excluding hydrogens is 564 g/mol. The molecule has 1 N–H and O–H groups in total. The molecule has 1 aliphatic heterocycles. The van der Waals surface area contributed by atoms with Crippen LogP contribution in [0.3, 0.4) is 0 Å². The number of rotatable bonds is 5. The molecule has 3 aromatic rings. The number of nitrogens with one attached hydrogen (secondary N) is 1. The van der Waals surface area contributed by atoms with Crippen molar-refractivity contribution in [1.29, 1.82) is 0 Å². The monoisotopic (exact) mass is 582 g/mol. The van der Waals surface area contributed by atoms with Gasteiger partial charge in [-0.2, -0.15) is 0 Å². The zero-order valence-corrected chi connectivity index (χ0v) is 21.6. The van der Waals surface area contributed by atoms with Gasteiger partial charge in [-0.3, -0.25) is 14.9 Å². The predicted molar refractivity (Wildman–Crippen MR) is 138 cm³/mol. The van der Waals surface area contributed by atoms with Gasteiger partial charge < -0.3 is 4.74 Å². The molecule has 0 atom stereocenters. The molecule has 172 valence electrons. The minimum Gasteiger partial charge on any atom is -0.488 e. The van der Waals surface area contributed by atoms with Crippen molar-refractivity contribution in [3.8, 4) is 5.75 Å². The lowest BCUT2D eigenvalue weighted by Gasteiger charge is -2.28. The Bertz CT molecular complexity index is 1350. The number of urea groups is 1. The Kier molecular flexibility index (Phi) is 7.00. The normalized spacial score (nSPS) is 15.0. The Hall–Kier alpha value is -3.23. The molecule has 34 heavy (non-hydrogen) atoms. The average molecular weight is 584 g/mol. The molecule has 4 rings (SSSR count). The van der Waals surface area contributed by atoms with Gasteiger partial charge >= 0.3 is 6.03 Å². The first kappa shape index (κ1) is 23.9. The standard InChI is InChI=1S/C26H20Br2N2O4/c1-15-6-5-9-22(16(15)2)30-25(32)20(24(31)29-26(30)33)13-18-12-19(27)10-11-23(18)34-14-17-7-3-4-8-21(17)28/h3-13H,14H2,1-2H3,(H,29,31,33)/b20-13+. The van der Waals surface area contributed by atoms with Crippen LogP contribution in [0.1, 0.15) is 22.3 Å². The summed E-state index contributed by atoms with van der Waals surface area (Å²) in [4.78, 5) is 39.6. The largest absolute Gasteiger partial charge is 0.488 e. The topological polar surface area (TPSA) is 75.7 Å². The summed E-state index contributed by atoms with van der Waals surface area (Å²) in [6.07, 6.45) is 1.45. The molecule has 0 saturated carbocycles. The predicted octanol–water partition coefficient (Wildman–Crippen LogP) is 6.07. The third-order valence-electron chi connectivity index (χ3n) is 5.53. The van der Waals surface area contributed by atoms with Crippen LogP contribution in [-0.2, 0) is 16.2 Å². The molecule has 1 aliphatic rings. The van der Waals surface area contributed by atoms with E-state index in [9.17, 15) is 14.4 Å². The molecule has 0 bridgehead atoms. The number of hydrogen-bond acceptors (Lipinski definition) is 4. The number of benzene rings is 3. The highest BCUT2D eigenvalue weighted by Gasteiger charge is 2.37. The number of barbiturate groups is 1. The number of nitrogens with zero attached hydrogens (tertiary/aromatic N) is 1. The average Bonchev–Trinajstić information content (AvgIpc) is 2.79. The summed E-state index contributed by atoms with van der Waals surface area (Å²) in [5.41, 5.74) is 3.44. The minimum absolute atomic E-state index is 0.163. The fraction of sp³-hybridized carbons (Fsp3) is 0.115. The van der Waals surface area contributed by atoms with E-state index in [1.807, 2.05) is 50.2 Å². The summed E-state index contributed by atoms with van der Waals surface area (Å²) < 4.78 is 7.68. The van der Waals surface area contributed by atoms with Crippen LogP contribution in [0.15, 0.2) is 75.2 Å². The van der Waals surface area contributed by atoms with Crippen LogP contribution in [0.5, 0.6) is 5.75 Å². The highest BCUT2D eigenvalue weighted by Crippen LogP contribution is 2.30. The van der Waals surface area contributed by atoms with Crippen molar-refractivity contribution in [3.63, 3.8) is 0 Å². The number of aryl methyl sites for hydroxylation is 1. The number of ether oxygens (including phenoxy) is 1. The highest BCUT2D eigenvalue weighted by molar-refractivity contribution is 9.10. The van der Waals surface area contributed by atoms with Crippen molar-refractivity contribution in [2.75, 3.05) is 4.90 Å². The number of amides is 4. The Balaban J connectivity index is 1.71. The number of hydrogen-bond donors (Lipinski definition) is 1. The maximum Gasteiger partial charge on any atom is 0.335 e. The molecule has 0 radical (unpaired) electrons. The number of carbonyl (C=O) groups is 3. The van der Waals surface area contributed by atoms with Gasteiger partial charge in [-0.15, -0.1) is 0 Å². The van der Waals surface area contributed by atoms with Gasteiger partial charge in [-0.1, -0.05) is 62.2 Å². The van der Waals surface area contributed by atoms with Crippen molar-refractivity contribution < 1.29 is 19.1 Å². The van der Waals surface area contributed by atoms with Gasteiger partial charge in [-0.05, 0) is 61.4 Å². The Morgan fingerprint density at radius 3 is 2.50 bits per heavy atom. The van der Waals surface area contributed by atoms with Gasteiger partial charge in [0.25, 0.3) is 11.8 Å². The molecule has 1 fully saturated rings. The maximum atomic E-state index is 13.4. The molecule has 0 aromatic heterocycles. The first-order chi connectivity index (χ1) is 16.3. The third kappa shape index (κ3) is 4.83. The van der Waals surface area contributed by atoms with Crippen LogP contribution in [0.25, 0.3) is 6.08 Å². The van der Waals surface area contributed by atoms with Crippen molar-refractivity contribution in [2.24, 2.45) is 0 Å². The van der Waals surface area contributed by atoms with Crippen LogP contribution in [0.4, 0.5) is 10.5 Å². The lowest BCUT2D eigenvalue weighted by atomic mass is 10.0. The van der Waals surface area contributed by atoms with Gasteiger partial charge in [0.1, 0.15) is 17.9 Å². The summed E-state index contributed by atoms with van der Waals surface area (Å²) in [7, 11) is 0. The van der Waals surface area contributed by atoms with Crippen molar-refractivity contribution >= 4 is 61.5 Å². The number of halogens is 2. The molecule has 3 aromatic carbocycles. The maximum absolute atomic E-state index is 13.4. The number of anilines is 1. The van der Waals surface area contributed by atoms with Crippen molar-refractivity contribution in [3.05, 3.63) is 97.4 Å². The molecule has 0 aliphatic carbocycles. The summed E-state index contributed by atoms with van der Waals surface area (Å²) in [6.45, 7) is 4.00. The molecule has 0 spiro atoms. The smallest absolute Gasteiger partial charge is 0.335 e. The minimum atomic E-state index is -0.777. The molecule has 1 heterocycles. The summed E-state index contributed by atoms with van der Waals surface area (Å²) >= 11 is 6.94. The van der Waals surface area contributed by atoms with E-state index in [0.29, 0.717) is 17.0 Å². The van der Waals surface area contributed by atoms with E-state index < -0.39 is 17.8 Å². The van der Waals surface area contributed by atoms with Crippen LogP contribution in [-0.4, -0.2) is 17.8 Å². The van der Waals surface area contributed by atoms with Crippen LogP contribution < -0.4 is 15.0 Å². The molecule has 8 heteroatoms. The Morgan fingerprint density at radius 2 is 1.74 bits per heavy atom. The molecule has 6 nitrogen and oxygen atoms in total. The van der Waals surface area contributed by atoms with Crippen molar-refractivity contribution in [2.45, 2.75) is 20.5 Å². The van der Waals surface area contributed by atoms with Crippen LogP contribution >= 0.6 is 31.9 Å². The van der Waals surface area contributed by atoms with Gasteiger partial charge in [0.15, 0.2) is 0 Å². The van der Waals surface area contributed by atoms with E-state index >= 15 is 0 Å². The van der Waals surface area contributed by atoms with E-state index in [4.69, 9.17) is 4.74 Å². The summed E-state index contributed by atoms with van der Waals surface area (Å²) in [5, 5.41) is 2.27. The molecule has 4 amide bonds. The second kappa shape index (κ2) is 9.95. The second-order valence-corrected chi connectivity index (χ2v) is 9.51. The fourth-order valence-corrected chi connectivity index (χ4v) is 4.32. The van der Waals surface area contributed by atoms with Crippen LogP contribution in [0.2, 0.25) is 0 Å². The van der Waals surface area contributed by atoms with E-state index in [1.54, 1.807) is 24.3 Å². The first-order valence-corrected chi connectivity index (χ1v) is 12.0. The number of carbonyl (C=O) groups excluding carboxylic acids is 3. The lowest BCUT2D eigenvalue weighted by molar-refractivity contribution is -0.122. The first-order valence-electron chi connectivity index (χ1n) is 10.4. The molecular formula is C26H20Br2N2O4. The van der Waals surface area contributed by atoms with E-state index in [1.165, 1.54) is 6.08 Å².